The topological polar surface area (TPSA) is 78.3 Å². The number of thioether (sulfide) groups is 1. The van der Waals surface area contributed by atoms with Gasteiger partial charge in [-0.05, 0) is 50.8 Å². The van der Waals surface area contributed by atoms with E-state index in [1.54, 1.807) is 18.9 Å². The third kappa shape index (κ3) is 6.18. The summed E-state index contributed by atoms with van der Waals surface area (Å²) in [6.45, 7) is 4.98. The highest BCUT2D eigenvalue weighted by Gasteiger charge is 2.33. The van der Waals surface area contributed by atoms with Gasteiger partial charge in [0.05, 0.1) is 24.9 Å². The molecule has 180 valence electrons. The van der Waals surface area contributed by atoms with E-state index in [2.05, 4.69) is 39.8 Å². The summed E-state index contributed by atoms with van der Waals surface area (Å²) >= 11 is 1.65. The molecule has 1 aromatic heterocycles. The quantitative estimate of drug-likeness (QED) is 0.457. The number of nitrogens with zero attached hydrogens (tertiary/aromatic N) is 3. The first kappa shape index (κ1) is 24.3. The van der Waals surface area contributed by atoms with E-state index in [4.69, 9.17) is 9.47 Å². The fourth-order valence-electron chi connectivity index (χ4n) is 4.19. The number of methoxy groups -OCH3 is 1. The van der Waals surface area contributed by atoms with E-state index in [1.165, 1.54) is 5.56 Å². The van der Waals surface area contributed by atoms with Crippen molar-refractivity contribution in [2.45, 2.75) is 50.4 Å². The highest BCUT2D eigenvalue weighted by molar-refractivity contribution is 7.99. The monoisotopic (exact) mass is 480 g/mol. The van der Waals surface area contributed by atoms with Crippen LogP contribution in [-0.4, -0.2) is 45.7 Å². The molecule has 0 unspecified atom stereocenters. The summed E-state index contributed by atoms with van der Waals surface area (Å²) in [4.78, 5) is 12.9. The van der Waals surface area contributed by atoms with Gasteiger partial charge in [0.15, 0.2) is 11.0 Å². The fourth-order valence-corrected chi connectivity index (χ4v) is 5.15. The van der Waals surface area contributed by atoms with E-state index in [-0.39, 0.29) is 17.4 Å². The molecule has 0 bridgehead atoms. The maximum atomic E-state index is 12.9. The van der Waals surface area contributed by atoms with Crippen LogP contribution in [0.2, 0.25) is 0 Å². The van der Waals surface area contributed by atoms with E-state index < -0.39 is 0 Å². The van der Waals surface area contributed by atoms with Crippen molar-refractivity contribution in [2.75, 3.05) is 19.5 Å². The Morgan fingerprint density at radius 3 is 2.79 bits per heavy atom. The molecule has 0 spiro atoms. The number of aryl methyl sites for hydroxylation is 1. The van der Waals surface area contributed by atoms with Crippen LogP contribution in [0.15, 0.2) is 59.8 Å². The predicted octanol–water partition coefficient (Wildman–Crippen LogP) is 4.43. The minimum absolute atomic E-state index is 0.0369. The largest absolute Gasteiger partial charge is 0.497 e. The van der Waals surface area contributed by atoms with Crippen LogP contribution < -0.4 is 10.1 Å². The van der Waals surface area contributed by atoms with E-state index in [0.29, 0.717) is 25.4 Å². The SMILES string of the molecule is COc1cccc(-n2c(CNC(=O)[C@H]3CCOC(C)(C)C3)nnc2SCCc2ccccc2)c1. The van der Waals surface area contributed by atoms with Crippen LogP contribution in [0.4, 0.5) is 0 Å². The number of amides is 1. The van der Waals surface area contributed by atoms with Gasteiger partial charge in [-0.2, -0.15) is 0 Å². The van der Waals surface area contributed by atoms with E-state index in [1.807, 2.05) is 48.7 Å². The van der Waals surface area contributed by atoms with Crippen LogP contribution in [0.3, 0.4) is 0 Å². The molecule has 1 amide bonds. The Labute approximate surface area is 205 Å². The third-order valence-corrected chi connectivity index (χ3v) is 6.90. The molecule has 2 heterocycles. The van der Waals surface area contributed by atoms with Gasteiger partial charge in [0.1, 0.15) is 5.75 Å². The average molecular weight is 481 g/mol. The summed E-state index contributed by atoms with van der Waals surface area (Å²) in [5, 5.41) is 12.8. The molecular formula is C26H32N4O3S. The van der Waals surface area contributed by atoms with Gasteiger partial charge in [0, 0.05) is 24.3 Å². The van der Waals surface area contributed by atoms with Gasteiger partial charge in [0.25, 0.3) is 0 Å². The van der Waals surface area contributed by atoms with Gasteiger partial charge < -0.3 is 14.8 Å². The van der Waals surface area contributed by atoms with Crippen LogP contribution in [0, 0.1) is 5.92 Å². The molecule has 0 saturated carbocycles. The predicted molar refractivity (Wildman–Crippen MR) is 133 cm³/mol. The number of hydrogen-bond acceptors (Lipinski definition) is 6. The molecule has 1 aliphatic heterocycles. The molecule has 0 radical (unpaired) electrons. The van der Waals surface area contributed by atoms with Gasteiger partial charge in [-0.1, -0.05) is 48.2 Å². The number of carbonyl (C=O) groups excluding carboxylic acids is 1. The summed E-state index contributed by atoms with van der Waals surface area (Å²) in [6, 6.07) is 18.2. The summed E-state index contributed by atoms with van der Waals surface area (Å²) in [5.41, 5.74) is 1.92. The summed E-state index contributed by atoms with van der Waals surface area (Å²) < 4.78 is 13.2. The van der Waals surface area contributed by atoms with Crippen LogP contribution in [-0.2, 0) is 22.5 Å². The molecule has 4 rings (SSSR count). The Kier molecular flexibility index (Phi) is 7.90. The average Bonchev–Trinajstić information content (AvgIpc) is 3.25. The van der Waals surface area contributed by atoms with Crippen molar-refractivity contribution in [3.8, 4) is 11.4 Å². The minimum Gasteiger partial charge on any atom is -0.497 e. The van der Waals surface area contributed by atoms with Crippen molar-refractivity contribution in [2.24, 2.45) is 5.92 Å². The second-order valence-corrected chi connectivity index (χ2v) is 10.1. The molecule has 1 aliphatic rings. The first-order valence-electron chi connectivity index (χ1n) is 11.6. The van der Waals surface area contributed by atoms with Crippen molar-refractivity contribution in [3.63, 3.8) is 0 Å². The zero-order chi connectivity index (χ0) is 24.0. The molecule has 1 saturated heterocycles. The molecule has 34 heavy (non-hydrogen) atoms. The van der Waals surface area contributed by atoms with Crippen LogP contribution in [0.25, 0.3) is 5.69 Å². The lowest BCUT2D eigenvalue weighted by Gasteiger charge is -2.34. The van der Waals surface area contributed by atoms with Gasteiger partial charge in [-0.15, -0.1) is 10.2 Å². The maximum absolute atomic E-state index is 12.9. The number of nitrogens with one attached hydrogen (secondary N) is 1. The highest BCUT2D eigenvalue weighted by Crippen LogP contribution is 2.29. The number of aromatic nitrogens is 3. The maximum Gasteiger partial charge on any atom is 0.223 e. The van der Waals surface area contributed by atoms with Gasteiger partial charge in [-0.25, -0.2) is 0 Å². The lowest BCUT2D eigenvalue weighted by atomic mass is 9.88. The van der Waals surface area contributed by atoms with Crippen LogP contribution in [0.5, 0.6) is 5.75 Å². The zero-order valence-electron chi connectivity index (χ0n) is 20.0. The van der Waals surface area contributed by atoms with Gasteiger partial charge in [-0.3, -0.25) is 9.36 Å². The number of rotatable bonds is 9. The molecule has 7 nitrogen and oxygen atoms in total. The van der Waals surface area contributed by atoms with E-state index >= 15 is 0 Å². The van der Waals surface area contributed by atoms with Crippen LogP contribution in [0.1, 0.15) is 38.1 Å². The number of ether oxygens (including phenoxy) is 2. The minimum atomic E-state index is -0.274. The van der Waals surface area contributed by atoms with Crippen LogP contribution >= 0.6 is 11.8 Å². The molecule has 0 aliphatic carbocycles. The first-order valence-corrected chi connectivity index (χ1v) is 12.6. The van der Waals surface area contributed by atoms with E-state index in [0.717, 1.165) is 35.2 Å². The Hall–Kier alpha value is -2.84. The second-order valence-electron chi connectivity index (χ2n) is 9.04. The number of carbonyl (C=O) groups is 1. The Balaban J connectivity index is 1.50. The highest BCUT2D eigenvalue weighted by atomic mass is 32.2. The molecular weight excluding hydrogens is 448 g/mol. The summed E-state index contributed by atoms with van der Waals surface area (Å²) in [7, 11) is 1.65. The standard InChI is InChI=1S/C26H32N4O3S/c1-26(2)17-20(12-14-33-26)24(31)27-18-23-28-29-25(34-15-13-19-8-5-4-6-9-19)30(23)21-10-7-11-22(16-21)32-3/h4-11,16,20H,12-15,17-18H2,1-3H3,(H,27,31)/t20-/m0/s1. The summed E-state index contributed by atoms with van der Waals surface area (Å²) in [5.74, 6) is 2.29. The Morgan fingerprint density at radius 1 is 1.21 bits per heavy atom. The molecule has 8 heteroatoms. The normalized spacial score (nSPS) is 17.3. The van der Waals surface area contributed by atoms with Gasteiger partial charge >= 0.3 is 0 Å². The van der Waals surface area contributed by atoms with Gasteiger partial charge in [0.2, 0.25) is 5.91 Å². The molecule has 2 aromatic carbocycles. The van der Waals surface area contributed by atoms with Crippen molar-refractivity contribution in [1.29, 1.82) is 0 Å². The Morgan fingerprint density at radius 2 is 2.03 bits per heavy atom. The Bertz CT molecular complexity index is 1100. The smallest absolute Gasteiger partial charge is 0.223 e. The lowest BCUT2D eigenvalue weighted by molar-refractivity contribution is -0.135. The fraction of sp³-hybridized carbons (Fsp3) is 0.423. The van der Waals surface area contributed by atoms with Crippen molar-refractivity contribution in [1.82, 2.24) is 20.1 Å². The molecule has 1 N–H and O–H groups in total. The molecule has 1 atom stereocenters. The number of hydrogen-bond donors (Lipinski definition) is 1. The van der Waals surface area contributed by atoms with Crippen molar-refractivity contribution >= 4 is 17.7 Å². The van der Waals surface area contributed by atoms with Crippen molar-refractivity contribution < 1.29 is 14.3 Å². The molecule has 1 fully saturated rings. The molecule has 3 aromatic rings. The summed E-state index contributed by atoms with van der Waals surface area (Å²) in [6.07, 6.45) is 2.38. The second kappa shape index (κ2) is 11.1. The first-order chi connectivity index (χ1) is 16.4. The zero-order valence-corrected chi connectivity index (χ0v) is 20.8. The van der Waals surface area contributed by atoms with E-state index in [9.17, 15) is 4.79 Å². The van der Waals surface area contributed by atoms with Crippen molar-refractivity contribution in [3.05, 3.63) is 66.0 Å². The lowest BCUT2D eigenvalue weighted by Crippen LogP contribution is -2.41. The third-order valence-electron chi connectivity index (χ3n) is 5.97. The number of benzene rings is 2.